The van der Waals surface area contributed by atoms with Gasteiger partial charge in [0.1, 0.15) is 0 Å². The minimum Gasteiger partial charge on any atom is -0.385 e. The summed E-state index contributed by atoms with van der Waals surface area (Å²) in [5.74, 6) is 0.602. The number of anilines is 2. The highest BCUT2D eigenvalue weighted by Crippen LogP contribution is 2.46. The molecule has 0 radical (unpaired) electrons. The Morgan fingerprint density at radius 1 is 1.12 bits per heavy atom. The fourth-order valence-electron chi connectivity index (χ4n) is 4.57. The number of hydrogen-bond acceptors (Lipinski definition) is 2. The maximum absolute atomic E-state index is 3.61. The van der Waals surface area contributed by atoms with Crippen LogP contribution in [0.4, 0.5) is 11.4 Å². The van der Waals surface area contributed by atoms with E-state index in [4.69, 9.17) is 0 Å². The molecule has 2 heterocycles. The Bertz CT molecular complexity index is 762. The van der Waals surface area contributed by atoms with Crippen molar-refractivity contribution in [1.29, 1.82) is 0 Å². The maximum atomic E-state index is 3.61. The highest BCUT2D eigenvalue weighted by Gasteiger charge is 2.42. The zero-order valence-corrected chi connectivity index (χ0v) is 15.3. The first-order valence-electron chi connectivity index (χ1n) is 9.19. The topological polar surface area (TPSA) is 15.3 Å². The van der Waals surface area contributed by atoms with Crippen molar-refractivity contribution in [2.75, 3.05) is 23.3 Å². The van der Waals surface area contributed by atoms with Crippen LogP contribution in [0, 0.1) is 6.92 Å². The third-order valence-electron chi connectivity index (χ3n) is 6.38. The number of rotatable bonds is 2. The van der Waals surface area contributed by atoms with E-state index < -0.39 is 0 Å². The van der Waals surface area contributed by atoms with Crippen LogP contribution in [-0.4, -0.2) is 19.1 Å². The van der Waals surface area contributed by atoms with Crippen molar-refractivity contribution in [2.24, 2.45) is 0 Å². The van der Waals surface area contributed by atoms with Gasteiger partial charge in [-0.25, -0.2) is 0 Å². The van der Waals surface area contributed by atoms with Crippen LogP contribution in [0.2, 0.25) is 0 Å². The summed E-state index contributed by atoms with van der Waals surface area (Å²) in [7, 11) is 0. The lowest BCUT2D eigenvalue weighted by molar-refractivity contribution is 0.429. The molecule has 0 aromatic heterocycles. The van der Waals surface area contributed by atoms with E-state index in [1.165, 1.54) is 34.5 Å². The molecule has 126 valence electrons. The molecule has 0 saturated heterocycles. The molecule has 24 heavy (non-hydrogen) atoms. The number of fused-ring (bicyclic) bond motifs is 2. The number of hydrogen-bond donors (Lipinski definition) is 1. The normalized spacial score (nSPS) is 24.2. The van der Waals surface area contributed by atoms with Gasteiger partial charge in [0.25, 0.3) is 0 Å². The van der Waals surface area contributed by atoms with Crippen LogP contribution in [-0.2, 0) is 5.41 Å². The number of aryl methyl sites for hydroxylation is 1. The molecule has 0 amide bonds. The highest BCUT2D eigenvalue weighted by molar-refractivity contribution is 5.65. The minimum absolute atomic E-state index is 0.207. The zero-order valence-electron chi connectivity index (χ0n) is 15.3. The van der Waals surface area contributed by atoms with Gasteiger partial charge in [-0.15, -0.1) is 0 Å². The number of nitrogens with zero attached hydrogens (tertiary/aromatic N) is 1. The molecule has 0 aliphatic carbocycles. The first-order valence-corrected chi connectivity index (χ1v) is 9.19. The molecule has 2 unspecified atom stereocenters. The lowest BCUT2D eigenvalue weighted by Crippen LogP contribution is -2.41. The van der Waals surface area contributed by atoms with Crippen molar-refractivity contribution in [3.63, 3.8) is 0 Å². The zero-order chi connectivity index (χ0) is 16.9. The van der Waals surface area contributed by atoms with Crippen LogP contribution in [0.1, 0.15) is 49.8 Å². The van der Waals surface area contributed by atoms with Gasteiger partial charge in [0.2, 0.25) is 0 Å². The third kappa shape index (κ3) is 2.23. The van der Waals surface area contributed by atoms with Crippen LogP contribution in [0.15, 0.2) is 42.5 Å². The fraction of sp³-hybridized carbons (Fsp3) is 0.455. The molecule has 2 aromatic carbocycles. The van der Waals surface area contributed by atoms with E-state index in [0.29, 0.717) is 12.0 Å². The molecule has 2 heteroatoms. The average molecular weight is 320 g/mol. The van der Waals surface area contributed by atoms with Crippen LogP contribution in [0.25, 0.3) is 0 Å². The highest BCUT2D eigenvalue weighted by atomic mass is 15.2. The second kappa shape index (κ2) is 5.54. The SMILES string of the molecule is Cc1cccc2c1NCCC2CN1c2ccccc2C(C)(C)C1C. The Labute approximate surface area is 145 Å². The number of para-hydroxylation sites is 2. The van der Waals surface area contributed by atoms with E-state index in [1.807, 2.05) is 0 Å². The summed E-state index contributed by atoms with van der Waals surface area (Å²) >= 11 is 0. The van der Waals surface area contributed by atoms with Crippen LogP contribution in [0.5, 0.6) is 0 Å². The molecule has 2 aliphatic rings. The van der Waals surface area contributed by atoms with Gasteiger partial charge in [0.05, 0.1) is 0 Å². The molecule has 2 aliphatic heterocycles. The summed E-state index contributed by atoms with van der Waals surface area (Å²) in [6, 6.07) is 16.2. The van der Waals surface area contributed by atoms with Gasteiger partial charge in [-0.2, -0.15) is 0 Å². The second-order valence-electron chi connectivity index (χ2n) is 8.02. The molecule has 0 spiro atoms. The molecule has 2 nitrogen and oxygen atoms in total. The molecule has 0 bridgehead atoms. The van der Waals surface area contributed by atoms with Crippen molar-refractivity contribution in [3.05, 3.63) is 59.2 Å². The van der Waals surface area contributed by atoms with Crippen molar-refractivity contribution >= 4 is 11.4 Å². The van der Waals surface area contributed by atoms with Crippen LogP contribution >= 0.6 is 0 Å². The summed E-state index contributed by atoms with van der Waals surface area (Å²) in [6.45, 7) is 11.6. The Morgan fingerprint density at radius 3 is 2.75 bits per heavy atom. The van der Waals surface area contributed by atoms with E-state index in [9.17, 15) is 0 Å². The number of benzene rings is 2. The molecule has 2 aromatic rings. The van der Waals surface area contributed by atoms with E-state index in [1.54, 1.807) is 0 Å². The van der Waals surface area contributed by atoms with E-state index in [0.717, 1.165) is 13.1 Å². The largest absolute Gasteiger partial charge is 0.385 e. The van der Waals surface area contributed by atoms with E-state index >= 15 is 0 Å². The monoisotopic (exact) mass is 320 g/mol. The predicted octanol–water partition coefficient (Wildman–Crippen LogP) is 5.08. The first kappa shape index (κ1) is 15.6. The maximum Gasteiger partial charge on any atom is 0.0407 e. The minimum atomic E-state index is 0.207. The second-order valence-corrected chi connectivity index (χ2v) is 8.02. The first-order chi connectivity index (χ1) is 11.5. The van der Waals surface area contributed by atoms with Gasteiger partial charge in [-0.3, -0.25) is 0 Å². The average Bonchev–Trinajstić information content (AvgIpc) is 2.77. The summed E-state index contributed by atoms with van der Waals surface area (Å²) < 4.78 is 0. The fourth-order valence-corrected chi connectivity index (χ4v) is 4.57. The lowest BCUT2D eigenvalue weighted by atomic mass is 9.81. The Kier molecular flexibility index (Phi) is 3.59. The standard InChI is InChI=1S/C22H28N2/c1-15-8-7-9-18-17(12-13-23-21(15)18)14-24-16(2)22(3,4)19-10-5-6-11-20(19)24/h5-11,16-17,23H,12-14H2,1-4H3. The Balaban J connectivity index is 1.69. The van der Waals surface area contributed by atoms with Crippen molar-refractivity contribution in [1.82, 2.24) is 0 Å². The summed E-state index contributed by atoms with van der Waals surface area (Å²) in [5.41, 5.74) is 7.37. The van der Waals surface area contributed by atoms with Gasteiger partial charge >= 0.3 is 0 Å². The number of nitrogens with one attached hydrogen (secondary N) is 1. The molecular formula is C22H28N2. The smallest absolute Gasteiger partial charge is 0.0407 e. The van der Waals surface area contributed by atoms with Gasteiger partial charge in [0, 0.05) is 41.8 Å². The molecular weight excluding hydrogens is 292 g/mol. The third-order valence-corrected chi connectivity index (χ3v) is 6.38. The molecule has 0 saturated carbocycles. The summed E-state index contributed by atoms with van der Waals surface area (Å²) in [5, 5.41) is 3.61. The Morgan fingerprint density at radius 2 is 1.92 bits per heavy atom. The quantitative estimate of drug-likeness (QED) is 0.830. The van der Waals surface area contributed by atoms with Gasteiger partial charge in [0.15, 0.2) is 0 Å². The van der Waals surface area contributed by atoms with Crippen molar-refractivity contribution in [3.8, 4) is 0 Å². The Hall–Kier alpha value is -1.96. The lowest BCUT2D eigenvalue weighted by Gasteiger charge is -2.36. The molecule has 2 atom stereocenters. The van der Waals surface area contributed by atoms with Gasteiger partial charge < -0.3 is 10.2 Å². The molecule has 0 fully saturated rings. The van der Waals surface area contributed by atoms with Gasteiger partial charge in [-0.05, 0) is 43.0 Å². The summed E-state index contributed by atoms with van der Waals surface area (Å²) in [4.78, 5) is 2.65. The van der Waals surface area contributed by atoms with Crippen LogP contribution in [0.3, 0.4) is 0 Å². The van der Waals surface area contributed by atoms with E-state index in [2.05, 4.69) is 80.4 Å². The van der Waals surface area contributed by atoms with Crippen molar-refractivity contribution in [2.45, 2.75) is 51.5 Å². The summed E-state index contributed by atoms with van der Waals surface area (Å²) in [6.07, 6.45) is 1.21. The van der Waals surface area contributed by atoms with E-state index in [-0.39, 0.29) is 5.41 Å². The van der Waals surface area contributed by atoms with Gasteiger partial charge in [-0.1, -0.05) is 50.2 Å². The van der Waals surface area contributed by atoms with Crippen LogP contribution < -0.4 is 10.2 Å². The molecule has 1 N–H and O–H groups in total. The molecule has 4 rings (SSSR count). The van der Waals surface area contributed by atoms with Crippen molar-refractivity contribution < 1.29 is 0 Å². The predicted molar refractivity (Wildman–Crippen MR) is 103 cm³/mol.